The summed E-state index contributed by atoms with van der Waals surface area (Å²) in [6, 6.07) is 2.98. The Labute approximate surface area is 112 Å². The number of aliphatic carboxylic acids is 2. The van der Waals surface area contributed by atoms with Crippen molar-refractivity contribution in [1.82, 2.24) is 5.32 Å². The number of benzene rings is 1. The molecule has 0 aliphatic rings. The average Bonchev–Trinajstić information content (AvgIpc) is 2.25. The van der Waals surface area contributed by atoms with Gasteiger partial charge in [-0.3, -0.25) is 14.9 Å². The van der Waals surface area contributed by atoms with Crippen LogP contribution in [0.3, 0.4) is 0 Å². The van der Waals surface area contributed by atoms with Gasteiger partial charge in [0.25, 0.3) is 0 Å². The van der Waals surface area contributed by atoms with Crippen LogP contribution in [0, 0.1) is 20.8 Å². The number of aryl methyl sites for hydroxylation is 3. The second-order valence-corrected chi connectivity index (χ2v) is 4.75. The van der Waals surface area contributed by atoms with Gasteiger partial charge >= 0.3 is 11.9 Å². The van der Waals surface area contributed by atoms with Crippen molar-refractivity contribution in [2.45, 2.75) is 39.8 Å². The quantitative estimate of drug-likeness (QED) is 0.727. The van der Waals surface area contributed by atoms with Crippen LogP contribution in [0.4, 0.5) is 0 Å². The maximum atomic E-state index is 11.0. The zero-order chi connectivity index (χ0) is 14.6. The summed E-state index contributed by atoms with van der Waals surface area (Å²) in [5.41, 5.74) is 4.32. The van der Waals surface area contributed by atoms with E-state index in [0.717, 1.165) is 22.3 Å². The molecule has 1 rings (SSSR count). The van der Waals surface area contributed by atoms with Gasteiger partial charge in [0, 0.05) is 6.54 Å². The molecule has 1 atom stereocenters. The molecule has 0 aliphatic heterocycles. The zero-order valence-electron chi connectivity index (χ0n) is 11.4. The van der Waals surface area contributed by atoms with E-state index >= 15 is 0 Å². The number of carboxylic acid groups (broad SMARTS) is 2. The smallest absolute Gasteiger partial charge is 0.321 e. The van der Waals surface area contributed by atoms with Gasteiger partial charge in [-0.2, -0.15) is 0 Å². The zero-order valence-corrected chi connectivity index (χ0v) is 11.4. The Bertz CT molecular complexity index is 473. The molecule has 0 aliphatic carbocycles. The van der Waals surface area contributed by atoms with Crippen molar-refractivity contribution in [1.29, 1.82) is 0 Å². The third-order valence-electron chi connectivity index (χ3n) is 3.04. The van der Waals surface area contributed by atoms with E-state index in [1.165, 1.54) is 0 Å². The highest BCUT2D eigenvalue weighted by molar-refractivity contribution is 5.80. The first-order chi connectivity index (χ1) is 8.81. The van der Waals surface area contributed by atoms with Crippen LogP contribution in [0.2, 0.25) is 0 Å². The van der Waals surface area contributed by atoms with E-state index in [9.17, 15) is 9.59 Å². The normalized spacial score (nSPS) is 12.2. The molecule has 1 aromatic carbocycles. The molecule has 0 amide bonds. The van der Waals surface area contributed by atoms with Crippen LogP contribution in [-0.4, -0.2) is 28.2 Å². The highest BCUT2D eigenvalue weighted by atomic mass is 16.4. The topological polar surface area (TPSA) is 86.6 Å². The summed E-state index contributed by atoms with van der Waals surface area (Å²) in [4.78, 5) is 21.6. The summed E-state index contributed by atoms with van der Waals surface area (Å²) in [6.45, 7) is 6.28. The van der Waals surface area contributed by atoms with Crippen molar-refractivity contribution in [2.75, 3.05) is 0 Å². The minimum absolute atomic E-state index is 0.349. The first kappa shape index (κ1) is 15.2. The first-order valence-electron chi connectivity index (χ1n) is 6.06. The van der Waals surface area contributed by atoms with Crippen LogP contribution in [0.5, 0.6) is 0 Å². The monoisotopic (exact) mass is 265 g/mol. The third-order valence-corrected chi connectivity index (χ3v) is 3.04. The lowest BCUT2D eigenvalue weighted by atomic mass is 9.99. The summed E-state index contributed by atoms with van der Waals surface area (Å²) >= 11 is 0. The number of carbonyl (C=O) groups is 2. The number of nitrogens with one attached hydrogen (secondary N) is 1. The molecule has 0 saturated heterocycles. The molecular weight excluding hydrogens is 246 g/mol. The number of rotatable bonds is 6. The molecule has 5 nitrogen and oxygen atoms in total. The van der Waals surface area contributed by atoms with E-state index in [-0.39, 0.29) is 0 Å². The minimum atomic E-state index is -1.15. The SMILES string of the molecule is Cc1cc(C)c(CNC(CC(=O)O)C(=O)O)c(C)c1. The van der Waals surface area contributed by atoms with Crippen LogP contribution in [0.1, 0.15) is 28.7 Å². The fourth-order valence-electron chi connectivity index (χ4n) is 2.14. The van der Waals surface area contributed by atoms with Gasteiger partial charge in [-0.15, -0.1) is 0 Å². The van der Waals surface area contributed by atoms with Gasteiger partial charge in [0.1, 0.15) is 6.04 Å². The highest BCUT2D eigenvalue weighted by Gasteiger charge is 2.20. The molecule has 0 heterocycles. The summed E-state index contributed by atoms with van der Waals surface area (Å²) in [5, 5.41) is 20.4. The van der Waals surface area contributed by atoms with E-state index in [0.29, 0.717) is 6.54 Å². The number of carboxylic acids is 2. The molecule has 104 valence electrons. The molecule has 0 spiro atoms. The van der Waals surface area contributed by atoms with E-state index in [4.69, 9.17) is 10.2 Å². The summed E-state index contributed by atoms with van der Waals surface area (Å²) in [7, 11) is 0. The van der Waals surface area contributed by atoms with Gasteiger partial charge in [0.2, 0.25) is 0 Å². The van der Waals surface area contributed by atoms with E-state index in [1.54, 1.807) is 0 Å². The molecule has 0 aromatic heterocycles. The molecule has 5 heteroatoms. The molecule has 0 saturated carbocycles. The molecule has 0 radical (unpaired) electrons. The van der Waals surface area contributed by atoms with Crippen LogP contribution < -0.4 is 5.32 Å². The molecule has 0 bridgehead atoms. The van der Waals surface area contributed by atoms with Gasteiger partial charge < -0.3 is 10.2 Å². The first-order valence-corrected chi connectivity index (χ1v) is 6.06. The Hall–Kier alpha value is -1.88. The summed E-state index contributed by atoms with van der Waals surface area (Å²) in [5.74, 6) is -2.28. The van der Waals surface area contributed by atoms with Gasteiger partial charge in [0.15, 0.2) is 0 Å². The van der Waals surface area contributed by atoms with E-state index in [1.807, 2.05) is 32.9 Å². The van der Waals surface area contributed by atoms with Crippen LogP contribution in [0.15, 0.2) is 12.1 Å². The second kappa shape index (κ2) is 6.33. The minimum Gasteiger partial charge on any atom is -0.481 e. The summed E-state index contributed by atoms with van der Waals surface area (Å²) < 4.78 is 0. The Morgan fingerprint density at radius 1 is 1.16 bits per heavy atom. The summed E-state index contributed by atoms with van der Waals surface area (Å²) in [6.07, 6.45) is -0.431. The fourth-order valence-corrected chi connectivity index (χ4v) is 2.14. The van der Waals surface area contributed by atoms with Crippen molar-refractivity contribution in [2.24, 2.45) is 0 Å². The second-order valence-electron chi connectivity index (χ2n) is 4.75. The molecule has 1 unspecified atom stereocenters. The Morgan fingerprint density at radius 2 is 1.68 bits per heavy atom. The van der Waals surface area contributed by atoms with Gasteiger partial charge in [-0.05, 0) is 37.5 Å². The Balaban J connectivity index is 2.80. The molecule has 1 aromatic rings. The standard InChI is InChI=1S/C14H19NO4/c1-8-4-9(2)11(10(3)5-8)7-15-12(14(18)19)6-13(16)17/h4-5,12,15H,6-7H2,1-3H3,(H,16,17)(H,18,19). The fraction of sp³-hybridized carbons (Fsp3) is 0.429. The average molecular weight is 265 g/mol. The molecule has 0 fully saturated rings. The number of hydrogen-bond donors (Lipinski definition) is 3. The molecular formula is C14H19NO4. The van der Waals surface area contributed by atoms with Crippen molar-refractivity contribution in [3.8, 4) is 0 Å². The van der Waals surface area contributed by atoms with Crippen LogP contribution >= 0.6 is 0 Å². The van der Waals surface area contributed by atoms with Crippen molar-refractivity contribution >= 4 is 11.9 Å². The predicted molar refractivity (Wildman–Crippen MR) is 71.2 cm³/mol. The predicted octanol–water partition coefficient (Wildman–Crippen LogP) is 1.63. The highest BCUT2D eigenvalue weighted by Crippen LogP contribution is 2.16. The van der Waals surface area contributed by atoms with Crippen molar-refractivity contribution < 1.29 is 19.8 Å². The van der Waals surface area contributed by atoms with Crippen molar-refractivity contribution in [3.63, 3.8) is 0 Å². The Morgan fingerprint density at radius 3 is 2.11 bits per heavy atom. The van der Waals surface area contributed by atoms with Gasteiger partial charge in [-0.25, -0.2) is 0 Å². The van der Waals surface area contributed by atoms with E-state index < -0.39 is 24.4 Å². The maximum absolute atomic E-state index is 11.0. The van der Waals surface area contributed by atoms with Crippen molar-refractivity contribution in [3.05, 3.63) is 34.4 Å². The largest absolute Gasteiger partial charge is 0.481 e. The lowest BCUT2D eigenvalue weighted by Gasteiger charge is -2.16. The lowest BCUT2D eigenvalue weighted by Crippen LogP contribution is -2.38. The maximum Gasteiger partial charge on any atom is 0.321 e. The molecule has 3 N–H and O–H groups in total. The van der Waals surface area contributed by atoms with E-state index in [2.05, 4.69) is 5.32 Å². The third kappa shape index (κ3) is 4.37. The molecule has 19 heavy (non-hydrogen) atoms. The van der Waals surface area contributed by atoms with Gasteiger partial charge in [-0.1, -0.05) is 17.7 Å². The Kier molecular flexibility index (Phi) is 5.06. The van der Waals surface area contributed by atoms with Gasteiger partial charge in [0.05, 0.1) is 6.42 Å². The number of hydrogen-bond acceptors (Lipinski definition) is 3. The van der Waals surface area contributed by atoms with Crippen LogP contribution in [-0.2, 0) is 16.1 Å². The van der Waals surface area contributed by atoms with Crippen LogP contribution in [0.25, 0.3) is 0 Å². The lowest BCUT2D eigenvalue weighted by molar-refractivity contribution is -0.146.